The molecule has 0 radical (unpaired) electrons. The number of esters is 1. The Hall–Kier alpha value is -4.66. The van der Waals surface area contributed by atoms with Crippen LogP contribution < -0.4 is 10.6 Å². The summed E-state index contributed by atoms with van der Waals surface area (Å²) in [5, 5.41) is 5.69. The number of carbonyl (C=O) groups excluding carboxylic acids is 4. The first-order chi connectivity index (χ1) is 18.0. The Morgan fingerprint density at radius 3 is 2.14 bits per heavy atom. The molecule has 3 aromatic carbocycles. The zero-order valence-corrected chi connectivity index (χ0v) is 20.4. The summed E-state index contributed by atoms with van der Waals surface area (Å²) in [4.78, 5) is 54.2. The summed E-state index contributed by atoms with van der Waals surface area (Å²) in [5.74, 6) is -1.08. The van der Waals surface area contributed by atoms with E-state index >= 15 is 0 Å². The van der Waals surface area contributed by atoms with Gasteiger partial charge in [0, 0.05) is 30.9 Å². The van der Waals surface area contributed by atoms with Crippen LogP contribution in [0.1, 0.15) is 26.3 Å². The maximum Gasteiger partial charge on any atom is 0.337 e. The van der Waals surface area contributed by atoms with Crippen LogP contribution >= 0.6 is 0 Å². The highest BCUT2D eigenvalue weighted by atomic mass is 16.5. The molecule has 190 valence electrons. The second kappa shape index (κ2) is 11.9. The van der Waals surface area contributed by atoms with E-state index in [0.717, 1.165) is 5.56 Å². The lowest BCUT2D eigenvalue weighted by Crippen LogP contribution is -2.62. The minimum absolute atomic E-state index is 0.0330. The third-order valence-corrected chi connectivity index (χ3v) is 6.12. The lowest BCUT2D eigenvalue weighted by Gasteiger charge is -2.40. The molecule has 0 aromatic heterocycles. The van der Waals surface area contributed by atoms with Gasteiger partial charge in [-0.1, -0.05) is 48.5 Å². The Bertz CT molecular complexity index is 1250. The molecule has 9 heteroatoms. The van der Waals surface area contributed by atoms with Gasteiger partial charge in [0.25, 0.3) is 5.91 Å². The van der Waals surface area contributed by atoms with Gasteiger partial charge < -0.3 is 25.2 Å². The van der Waals surface area contributed by atoms with Gasteiger partial charge in [-0.15, -0.1) is 0 Å². The molecular weight excluding hydrogens is 472 g/mol. The van der Waals surface area contributed by atoms with Gasteiger partial charge >= 0.3 is 12.0 Å². The van der Waals surface area contributed by atoms with Crippen molar-refractivity contribution in [2.24, 2.45) is 0 Å². The Morgan fingerprint density at radius 1 is 0.838 bits per heavy atom. The fourth-order valence-electron chi connectivity index (χ4n) is 4.09. The Labute approximate surface area is 215 Å². The summed E-state index contributed by atoms with van der Waals surface area (Å²) < 4.78 is 4.69. The fraction of sp³-hybridized carbons (Fsp3) is 0.214. The minimum Gasteiger partial charge on any atom is -0.465 e. The molecule has 1 saturated heterocycles. The molecule has 1 atom stereocenters. The SMILES string of the molecule is COC(=O)c1ccc(NC(=O)N2CCN(C(=O)c3ccccc3)C(C(=O)NCc3ccccc3)C2)cc1. The number of methoxy groups -OCH3 is 1. The molecule has 0 bridgehead atoms. The number of ether oxygens (including phenoxy) is 1. The number of nitrogens with zero attached hydrogens (tertiary/aromatic N) is 2. The zero-order chi connectivity index (χ0) is 26.2. The predicted molar refractivity (Wildman–Crippen MR) is 138 cm³/mol. The van der Waals surface area contributed by atoms with E-state index in [4.69, 9.17) is 4.74 Å². The first kappa shape index (κ1) is 25.4. The summed E-state index contributed by atoms with van der Waals surface area (Å²) in [7, 11) is 1.30. The van der Waals surface area contributed by atoms with Gasteiger partial charge in [0.05, 0.1) is 19.2 Å². The highest BCUT2D eigenvalue weighted by Gasteiger charge is 2.37. The number of urea groups is 1. The van der Waals surface area contributed by atoms with Crippen LogP contribution in [0.3, 0.4) is 0 Å². The van der Waals surface area contributed by atoms with Gasteiger partial charge in [0.2, 0.25) is 5.91 Å². The Kier molecular flexibility index (Phi) is 8.15. The molecule has 1 heterocycles. The number of amides is 4. The third kappa shape index (κ3) is 6.32. The van der Waals surface area contributed by atoms with Crippen molar-refractivity contribution in [3.05, 3.63) is 102 Å². The zero-order valence-electron chi connectivity index (χ0n) is 20.4. The van der Waals surface area contributed by atoms with Crippen molar-refractivity contribution in [3.63, 3.8) is 0 Å². The van der Waals surface area contributed by atoms with Crippen LogP contribution in [-0.4, -0.2) is 66.4 Å². The van der Waals surface area contributed by atoms with Gasteiger partial charge in [-0.05, 0) is 42.0 Å². The van der Waals surface area contributed by atoms with Crippen molar-refractivity contribution in [2.45, 2.75) is 12.6 Å². The first-order valence-corrected chi connectivity index (χ1v) is 11.9. The molecule has 1 fully saturated rings. The number of nitrogens with one attached hydrogen (secondary N) is 2. The quantitative estimate of drug-likeness (QED) is 0.506. The van der Waals surface area contributed by atoms with E-state index in [1.807, 2.05) is 36.4 Å². The molecule has 1 aliphatic heterocycles. The topological polar surface area (TPSA) is 108 Å². The molecule has 4 amide bonds. The number of carbonyl (C=O) groups is 4. The Morgan fingerprint density at radius 2 is 1.49 bits per heavy atom. The highest BCUT2D eigenvalue weighted by molar-refractivity contribution is 5.98. The van der Waals surface area contributed by atoms with E-state index in [2.05, 4.69) is 10.6 Å². The smallest absolute Gasteiger partial charge is 0.337 e. The maximum absolute atomic E-state index is 13.3. The molecule has 0 spiro atoms. The van der Waals surface area contributed by atoms with Crippen LogP contribution in [-0.2, 0) is 16.1 Å². The van der Waals surface area contributed by atoms with Crippen LogP contribution in [0.2, 0.25) is 0 Å². The monoisotopic (exact) mass is 500 g/mol. The Balaban J connectivity index is 1.47. The molecule has 37 heavy (non-hydrogen) atoms. The normalized spacial score (nSPS) is 15.0. The van der Waals surface area contributed by atoms with E-state index in [0.29, 0.717) is 23.4 Å². The fourth-order valence-corrected chi connectivity index (χ4v) is 4.09. The van der Waals surface area contributed by atoms with Crippen molar-refractivity contribution >= 4 is 29.5 Å². The molecule has 0 saturated carbocycles. The number of anilines is 1. The van der Waals surface area contributed by atoms with Gasteiger partial charge in [-0.25, -0.2) is 9.59 Å². The number of benzene rings is 3. The number of hydrogen-bond acceptors (Lipinski definition) is 5. The van der Waals surface area contributed by atoms with Crippen LogP contribution in [0.5, 0.6) is 0 Å². The van der Waals surface area contributed by atoms with Crippen LogP contribution in [0.15, 0.2) is 84.9 Å². The van der Waals surface area contributed by atoms with Crippen molar-refractivity contribution in [3.8, 4) is 0 Å². The maximum atomic E-state index is 13.3. The largest absolute Gasteiger partial charge is 0.465 e. The number of piperazine rings is 1. The summed E-state index contributed by atoms with van der Waals surface area (Å²) in [6.45, 7) is 0.798. The first-order valence-electron chi connectivity index (χ1n) is 11.9. The van der Waals surface area contributed by atoms with Gasteiger partial charge in [0.1, 0.15) is 6.04 Å². The van der Waals surface area contributed by atoms with E-state index in [-0.39, 0.29) is 31.4 Å². The van der Waals surface area contributed by atoms with Crippen molar-refractivity contribution in [1.29, 1.82) is 0 Å². The number of hydrogen-bond donors (Lipinski definition) is 2. The van der Waals surface area contributed by atoms with Gasteiger partial charge in [0.15, 0.2) is 0 Å². The van der Waals surface area contributed by atoms with E-state index in [1.54, 1.807) is 48.5 Å². The number of rotatable bonds is 6. The second-order valence-corrected chi connectivity index (χ2v) is 8.53. The van der Waals surface area contributed by atoms with Gasteiger partial charge in [-0.2, -0.15) is 0 Å². The molecular formula is C28H28N4O5. The second-order valence-electron chi connectivity index (χ2n) is 8.53. The van der Waals surface area contributed by atoms with Crippen LogP contribution in [0, 0.1) is 0 Å². The third-order valence-electron chi connectivity index (χ3n) is 6.12. The average Bonchev–Trinajstić information content (AvgIpc) is 2.96. The molecule has 1 unspecified atom stereocenters. The predicted octanol–water partition coefficient (Wildman–Crippen LogP) is 3.15. The van der Waals surface area contributed by atoms with Crippen LogP contribution in [0.4, 0.5) is 10.5 Å². The highest BCUT2D eigenvalue weighted by Crippen LogP contribution is 2.17. The molecule has 3 aromatic rings. The summed E-state index contributed by atoms with van der Waals surface area (Å²) in [6.07, 6.45) is 0. The van der Waals surface area contributed by atoms with E-state index in [1.165, 1.54) is 16.9 Å². The van der Waals surface area contributed by atoms with Crippen molar-refractivity contribution < 1.29 is 23.9 Å². The summed E-state index contributed by atoms with van der Waals surface area (Å²) in [6, 6.07) is 23.3. The molecule has 1 aliphatic rings. The average molecular weight is 501 g/mol. The minimum atomic E-state index is -0.863. The van der Waals surface area contributed by atoms with E-state index in [9.17, 15) is 19.2 Å². The standard InChI is InChI=1S/C28H28N4O5/c1-37-27(35)22-12-14-23(15-13-22)30-28(36)31-16-17-32(26(34)21-10-6-3-7-11-21)24(19-31)25(33)29-18-20-8-4-2-5-9-20/h2-15,24H,16-19H2,1H3,(H,29,33)(H,30,36). The van der Waals surface area contributed by atoms with Crippen LogP contribution in [0.25, 0.3) is 0 Å². The molecule has 0 aliphatic carbocycles. The summed E-state index contributed by atoms with van der Waals surface area (Å²) in [5.41, 5.74) is 2.26. The lowest BCUT2D eigenvalue weighted by atomic mass is 10.1. The molecule has 9 nitrogen and oxygen atoms in total. The van der Waals surface area contributed by atoms with E-state index < -0.39 is 18.0 Å². The lowest BCUT2D eigenvalue weighted by molar-refractivity contribution is -0.127. The van der Waals surface area contributed by atoms with Crippen molar-refractivity contribution in [2.75, 3.05) is 32.1 Å². The van der Waals surface area contributed by atoms with Crippen molar-refractivity contribution in [1.82, 2.24) is 15.1 Å². The molecule has 2 N–H and O–H groups in total. The summed E-state index contributed by atoms with van der Waals surface area (Å²) >= 11 is 0. The molecule has 4 rings (SSSR count). The van der Waals surface area contributed by atoms with Gasteiger partial charge in [-0.3, -0.25) is 9.59 Å².